The topological polar surface area (TPSA) is 40.0 Å². The van der Waals surface area contributed by atoms with Crippen LogP contribution in [0.15, 0.2) is 27.3 Å². The van der Waals surface area contributed by atoms with Gasteiger partial charge in [-0.05, 0) is 41.9 Å². The lowest BCUT2D eigenvalue weighted by Crippen LogP contribution is -2.12. The van der Waals surface area contributed by atoms with Gasteiger partial charge in [-0.25, -0.2) is 0 Å². The van der Waals surface area contributed by atoms with Crippen molar-refractivity contribution in [1.29, 1.82) is 0 Å². The molecule has 0 fully saturated rings. The maximum Gasteiger partial charge on any atom is 0.420 e. The summed E-state index contributed by atoms with van der Waals surface area (Å²) in [6.07, 6.45) is -3.24. The number of hydrogen-bond acceptors (Lipinski definition) is 4. The Bertz CT molecular complexity index is 644. The molecule has 0 amide bonds. The van der Waals surface area contributed by atoms with E-state index in [-0.39, 0.29) is 34.5 Å². The fourth-order valence-corrected chi connectivity index (χ4v) is 2.02. The molecule has 0 aliphatic rings. The number of oxime groups is 1. The monoisotopic (exact) mass is 463 g/mol. The molecule has 0 heterocycles. The first-order chi connectivity index (χ1) is 11.6. The molecule has 0 bridgehead atoms. The maximum atomic E-state index is 13.3. The molecule has 0 aromatic heterocycles. The summed E-state index contributed by atoms with van der Waals surface area (Å²) in [6, 6.07) is 2.05. The molecule has 0 N–H and O–H groups in total. The first-order valence-corrected chi connectivity index (χ1v) is 8.46. The van der Waals surface area contributed by atoms with Crippen LogP contribution >= 0.6 is 39.1 Å². The van der Waals surface area contributed by atoms with Gasteiger partial charge < -0.3 is 14.3 Å². The summed E-state index contributed by atoms with van der Waals surface area (Å²) in [7, 11) is 0. The number of rotatable bonds is 8. The van der Waals surface area contributed by atoms with Crippen molar-refractivity contribution >= 4 is 44.8 Å². The second-order valence-electron chi connectivity index (χ2n) is 4.80. The van der Waals surface area contributed by atoms with Crippen molar-refractivity contribution in [3.05, 3.63) is 32.7 Å². The molecule has 0 saturated carbocycles. The average Bonchev–Trinajstić information content (AvgIpc) is 2.46. The normalized spacial score (nSPS) is 11.9. The average molecular weight is 465 g/mol. The molecule has 25 heavy (non-hydrogen) atoms. The Labute approximate surface area is 161 Å². The van der Waals surface area contributed by atoms with E-state index in [1.54, 1.807) is 13.8 Å². The van der Waals surface area contributed by atoms with Crippen molar-refractivity contribution in [3.8, 4) is 11.5 Å². The summed E-state index contributed by atoms with van der Waals surface area (Å²) in [4.78, 5) is 4.87. The molecule has 10 heteroatoms. The number of halogens is 6. The fourth-order valence-electron chi connectivity index (χ4n) is 1.57. The number of alkyl halides is 3. The SMILES string of the molecule is CC(C)=NOCCOc1c(Cl)cc(OC/C=C(\Cl)Br)cc1C(F)(F)F. The van der Waals surface area contributed by atoms with E-state index in [0.29, 0.717) is 5.71 Å². The van der Waals surface area contributed by atoms with Gasteiger partial charge in [-0.15, -0.1) is 0 Å². The van der Waals surface area contributed by atoms with Crippen molar-refractivity contribution in [2.45, 2.75) is 20.0 Å². The largest absolute Gasteiger partial charge is 0.489 e. The van der Waals surface area contributed by atoms with E-state index in [4.69, 9.17) is 37.5 Å². The molecule has 0 unspecified atom stereocenters. The summed E-state index contributed by atoms with van der Waals surface area (Å²) in [5.74, 6) is -0.551. The lowest BCUT2D eigenvalue weighted by atomic mass is 10.2. The van der Waals surface area contributed by atoms with E-state index in [9.17, 15) is 13.2 Å². The minimum atomic E-state index is -4.67. The molecule has 0 aliphatic carbocycles. The third-order valence-electron chi connectivity index (χ3n) is 2.48. The van der Waals surface area contributed by atoms with Crippen molar-refractivity contribution in [1.82, 2.24) is 0 Å². The third-order valence-corrected chi connectivity index (χ3v) is 3.24. The van der Waals surface area contributed by atoms with E-state index in [0.717, 1.165) is 6.07 Å². The quantitative estimate of drug-likeness (QED) is 0.269. The summed E-state index contributed by atoms with van der Waals surface area (Å²) >= 11 is 14.4. The van der Waals surface area contributed by atoms with Crippen molar-refractivity contribution in [2.75, 3.05) is 19.8 Å². The molecule has 0 spiro atoms. The van der Waals surface area contributed by atoms with Crippen molar-refractivity contribution < 1.29 is 27.5 Å². The number of nitrogens with zero attached hydrogens (tertiary/aromatic N) is 1. The van der Waals surface area contributed by atoms with E-state index >= 15 is 0 Å². The molecule has 0 saturated heterocycles. The van der Waals surface area contributed by atoms with Crippen LogP contribution < -0.4 is 9.47 Å². The van der Waals surface area contributed by atoms with Gasteiger partial charge in [0.15, 0.2) is 12.4 Å². The summed E-state index contributed by atoms with van der Waals surface area (Å²) in [5, 5.41) is 3.42. The predicted molar refractivity (Wildman–Crippen MR) is 95.0 cm³/mol. The van der Waals surface area contributed by atoms with Gasteiger partial charge in [-0.3, -0.25) is 0 Å². The predicted octanol–water partition coefficient (Wildman–Crippen LogP) is 6.00. The van der Waals surface area contributed by atoms with Gasteiger partial charge in [-0.2, -0.15) is 13.2 Å². The Morgan fingerprint density at radius 3 is 2.48 bits per heavy atom. The minimum absolute atomic E-state index is 0.0222. The van der Waals surface area contributed by atoms with Gasteiger partial charge in [0, 0.05) is 6.07 Å². The van der Waals surface area contributed by atoms with Crippen LogP contribution in [0, 0.1) is 0 Å². The second kappa shape index (κ2) is 10.1. The number of benzene rings is 1. The van der Waals surface area contributed by atoms with Crippen molar-refractivity contribution in [3.63, 3.8) is 0 Å². The number of ether oxygens (including phenoxy) is 2. The molecule has 4 nitrogen and oxygen atoms in total. The van der Waals surface area contributed by atoms with Crippen molar-refractivity contribution in [2.24, 2.45) is 5.16 Å². The summed E-state index contributed by atoms with van der Waals surface area (Å²) < 4.78 is 50.4. The van der Waals surface area contributed by atoms with Gasteiger partial charge in [0.1, 0.15) is 24.5 Å². The first-order valence-electron chi connectivity index (χ1n) is 6.92. The molecule has 0 aliphatic heterocycles. The molecular formula is C15H15BrCl2F3NO3. The molecule has 0 atom stereocenters. The molecule has 0 radical (unpaired) electrons. The van der Waals surface area contributed by atoms with Crippen LogP contribution in [0.1, 0.15) is 19.4 Å². The van der Waals surface area contributed by atoms with Gasteiger partial charge in [0.05, 0.1) is 14.7 Å². The Balaban J connectivity index is 2.92. The zero-order chi connectivity index (χ0) is 19.0. The van der Waals surface area contributed by atoms with Crippen LogP contribution in [0.5, 0.6) is 11.5 Å². The van der Waals surface area contributed by atoms with Crippen LogP contribution in [-0.4, -0.2) is 25.5 Å². The van der Waals surface area contributed by atoms with Gasteiger partial charge in [0.2, 0.25) is 0 Å². The third kappa shape index (κ3) is 8.20. The Morgan fingerprint density at radius 2 is 1.92 bits per heavy atom. The summed E-state index contributed by atoms with van der Waals surface area (Å²) in [6.45, 7) is 3.24. The Morgan fingerprint density at radius 1 is 1.24 bits per heavy atom. The van der Waals surface area contributed by atoms with Crippen LogP contribution in [0.4, 0.5) is 13.2 Å². The highest BCUT2D eigenvalue weighted by molar-refractivity contribution is 9.12. The van der Waals surface area contributed by atoms with E-state index in [1.807, 2.05) is 0 Å². The molecule has 1 aromatic rings. The smallest absolute Gasteiger partial charge is 0.420 e. The molecular weight excluding hydrogens is 450 g/mol. The standard InChI is InChI=1S/C15H15BrCl2F3NO3/c1-9(2)22-25-6-5-24-14-11(15(19,20)21)7-10(8-12(14)17)23-4-3-13(16)18/h3,7-8H,4-6H2,1-2H3/b13-3-. The van der Waals surface area contributed by atoms with E-state index < -0.39 is 17.5 Å². The molecule has 1 aromatic carbocycles. The zero-order valence-corrected chi connectivity index (χ0v) is 16.4. The highest BCUT2D eigenvalue weighted by Gasteiger charge is 2.36. The molecule has 140 valence electrons. The molecule has 1 rings (SSSR count). The van der Waals surface area contributed by atoms with Crippen LogP contribution in [0.2, 0.25) is 5.02 Å². The maximum absolute atomic E-state index is 13.3. The van der Waals surface area contributed by atoms with E-state index in [2.05, 4.69) is 21.1 Å². The fraction of sp³-hybridized carbons (Fsp3) is 0.400. The Kier molecular flexibility index (Phi) is 8.88. The second-order valence-corrected chi connectivity index (χ2v) is 6.93. The first kappa shape index (κ1) is 21.9. The van der Waals surface area contributed by atoms with Gasteiger partial charge >= 0.3 is 6.18 Å². The van der Waals surface area contributed by atoms with E-state index in [1.165, 1.54) is 12.1 Å². The van der Waals surface area contributed by atoms with Gasteiger partial charge in [-0.1, -0.05) is 28.4 Å². The minimum Gasteiger partial charge on any atom is -0.489 e. The summed E-state index contributed by atoms with van der Waals surface area (Å²) in [5.41, 5.74) is -0.368. The number of hydrogen-bond donors (Lipinski definition) is 0. The van der Waals surface area contributed by atoms with Crippen LogP contribution in [-0.2, 0) is 11.0 Å². The van der Waals surface area contributed by atoms with Gasteiger partial charge in [0.25, 0.3) is 0 Å². The zero-order valence-electron chi connectivity index (χ0n) is 13.3. The Hall–Kier alpha value is -1.12. The lowest BCUT2D eigenvalue weighted by molar-refractivity contribution is -0.139. The highest BCUT2D eigenvalue weighted by Crippen LogP contribution is 2.43. The lowest BCUT2D eigenvalue weighted by Gasteiger charge is -2.17. The van der Waals surface area contributed by atoms with Crippen LogP contribution in [0.25, 0.3) is 0 Å². The van der Waals surface area contributed by atoms with Crippen LogP contribution in [0.3, 0.4) is 0 Å². The highest BCUT2D eigenvalue weighted by atomic mass is 79.9.